The molecule has 1 aromatic rings. The second kappa shape index (κ2) is 18.3. The van der Waals surface area contributed by atoms with Crippen molar-refractivity contribution in [1.82, 2.24) is 10.3 Å². The highest BCUT2D eigenvalue weighted by Gasteiger charge is 2.57. The number of methoxy groups -OCH3 is 3. The molecule has 17 atom stereocenters. The number of fused-ring (bicyclic) bond motifs is 8. The SMILES string of the molecule is CC[C@H]1CCC[C@H](O[C@H]2CC[C@H](NC)C(C)O2)[C@@H](C)C(=O)C2=C[C@H]3[C@@H]4C[C@H](O[C@@H]5OC(C)[C@H](OC)C(OC)[C@@H]5OC)C[C@H]4c4sc(C(C)(C)C)nc4[C@H]3[C@@H]2CC(=O)O1. The van der Waals surface area contributed by atoms with Crippen LogP contribution in [-0.2, 0) is 52.9 Å². The summed E-state index contributed by atoms with van der Waals surface area (Å²) in [6, 6.07) is 0.271. The van der Waals surface area contributed by atoms with Gasteiger partial charge in [-0.25, -0.2) is 4.98 Å². The van der Waals surface area contributed by atoms with E-state index in [0.717, 1.165) is 61.2 Å². The summed E-state index contributed by atoms with van der Waals surface area (Å²) in [7, 11) is 6.96. The van der Waals surface area contributed by atoms with Crippen molar-refractivity contribution in [2.45, 2.75) is 191 Å². The number of likely N-dealkylation sites (N-methyl/N-ethyl adjacent to an activating group) is 1. The first kappa shape index (κ1) is 44.3. The van der Waals surface area contributed by atoms with Crippen molar-refractivity contribution in [1.29, 1.82) is 0 Å². The number of esters is 1. The van der Waals surface area contributed by atoms with E-state index in [1.54, 1.807) is 32.7 Å². The van der Waals surface area contributed by atoms with E-state index < -0.39 is 18.3 Å². The fraction of sp³-hybridized carbons (Fsp3) is 0.844. The predicted octanol–water partition coefficient (Wildman–Crippen LogP) is 6.98. The van der Waals surface area contributed by atoms with E-state index in [9.17, 15) is 4.79 Å². The number of carbonyl (C=O) groups is 2. The number of aromatic nitrogens is 1. The van der Waals surface area contributed by atoms with Crippen LogP contribution in [0.25, 0.3) is 0 Å². The van der Waals surface area contributed by atoms with Gasteiger partial charge >= 0.3 is 5.97 Å². The van der Waals surface area contributed by atoms with Gasteiger partial charge in [-0.1, -0.05) is 40.7 Å². The van der Waals surface area contributed by atoms with Crippen LogP contribution in [0, 0.1) is 23.7 Å². The molecule has 1 aromatic heterocycles. The van der Waals surface area contributed by atoms with Gasteiger partial charge in [0.1, 0.15) is 24.4 Å². The smallest absolute Gasteiger partial charge is 0.306 e. The molecule has 3 saturated heterocycles. The number of thiazole rings is 1. The quantitative estimate of drug-likeness (QED) is 0.258. The van der Waals surface area contributed by atoms with Gasteiger partial charge in [0.15, 0.2) is 18.4 Å². The van der Waals surface area contributed by atoms with E-state index in [-0.39, 0.29) is 108 Å². The van der Waals surface area contributed by atoms with Crippen LogP contribution in [0.2, 0.25) is 0 Å². The molecular weight excluding hydrogens is 761 g/mol. The van der Waals surface area contributed by atoms with Crippen LogP contribution in [0.4, 0.5) is 0 Å². The van der Waals surface area contributed by atoms with E-state index in [4.69, 9.17) is 42.9 Å². The Morgan fingerprint density at radius 1 is 0.897 bits per heavy atom. The molecule has 3 aliphatic heterocycles. The Bertz CT molecular complexity index is 1630. The minimum Gasteiger partial charge on any atom is -0.462 e. The molecule has 6 aliphatic rings. The Hall–Kier alpha value is -1.81. The van der Waals surface area contributed by atoms with E-state index in [2.05, 4.69) is 46.0 Å². The molecule has 0 amide bonds. The highest BCUT2D eigenvalue weighted by Crippen LogP contribution is 2.63. The minimum atomic E-state index is -0.638. The van der Waals surface area contributed by atoms with Gasteiger partial charge in [0.2, 0.25) is 0 Å². The summed E-state index contributed by atoms with van der Waals surface area (Å²) >= 11 is 1.80. The van der Waals surface area contributed by atoms with Crippen molar-refractivity contribution < 1.29 is 47.5 Å². The molecule has 58 heavy (non-hydrogen) atoms. The Labute approximate surface area is 350 Å². The van der Waals surface area contributed by atoms with E-state index in [0.29, 0.717) is 6.42 Å². The average molecular weight is 831 g/mol. The van der Waals surface area contributed by atoms with Gasteiger partial charge in [-0.2, -0.15) is 0 Å². The van der Waals surface area contributed by atoms with E-state index in [1.807, 2.05) is 20.9 Å². The number of rotatable bonds is 9. The number of hydrogen-bond donors (Lipinski definition) is 1. The highest BCUT2D eigenvalue weighted by molar-refractivity contribution is 7.12. The lowest BCUT2D eigenvalue weighted by Crippen LogP contribution is -2.59. The second-order valence-corrected chi connectivity index (χ2v) is 19.9. The number of Topliss-reactive ketones (excluding diaryl/α,β-unsaturated/α-hetero) is 1. The number of cyclic esters (lactones) is 1. The summed E-state index contributed by atoms with van der Waals surface area (Å²) in [4.78, 5) is 35.7. The van der Waals surface area contributed by atoms with Crippen LogP contribution in [0.3, 0.4) is 0 Å². The fourth-order valence-electron chi connectivity index (χ4n) is 11.1. The van der Waals surface area contributed by atoms with Crippen LogP contribution >= 0.6 is 11.3 Å². The summed E-state index contributed by atoms with van der Waals surface area (Å²) in [6.45, 7) is 14.8. The lowest BCUT2D eigenvalue weighted by molar-refractivity contribution is -0.314. The standard InChI is InChI=1S/C45H70N2O10S/c1-12-25-14-13-15-33(57-35-17-16-32(46-8)23(3)53-35)22(2)38(49)30-20-28-27-18-26(56-43-41(52-11)40(51-10)39(50-9)24(4)54-43)19-31(27)42-37(47-44(58-42)45(5,6)7)36(28)29(30)21-34(48)55-25/h20,22-29,31-33,35-36,39-41,43,46H,12-19,21H2,1-11H3/t22-,23?,24?,25+,26+,27+,28+,29-,31-,32+,33+,35+,36-,39+,40?,41+,43+/m1/s1. The first-order chi connectivity index (χ1) is 27.7. The number of nitrogens with zero attached hydrogens (tertiary/aromatic N) is 1. The largest absolute Gasteiger partial charge is 0.462 e. The lowest BCUT2D eigenvalue weighted by atomic mass is 9.67. The summed E-state index contributed by atoms with van der Waals surface area (Å²) < 4.78 is 50.3. The number of carbonyl (C=O) groups excluding carboxylic acids is 2. The third-order valence-corrected chi connectivity index (χ3v) is 15.9. The molecule has 0 radical (unpaired) electrons. The molecule has 4 heterocycles. The van der Waals surface area contributed by atoms with Gasteiger partial charge in [-0.15, -0.1) is 11.3 Å². The first-order valence-corrected chi connectivity index (χ1v) is 22.9. The zero-order chi connectivity index (χ0) is 41.6. The normalized spacial score (nSPS) is 42.3. The van der Waals surface area contributed by atoms with Crippen molar-refractivity contribution in [2.75, 3.05) is 28.4 Å². The summed E-state index contributed by atoms with van der Waals surface area (Å²) in [6.07, 6.45) is 5.57. The third kappa shape index (κ3) is 8.64. The van der Waals surface area contributed by atoms with Gasteiger partial charge in [0.05, 0.1) is 41.5 Å². The maximum Gasteiger partial charge on any atom is 0.306 e. The molecule has 0 spiro atoms. The molecule has 1 N–H and O–H groups in total. The van der Waals surface area contributed by atoms with Gasteiger partial charge in [-0.3, -0.25) is 9.59 Å². The third-order valence-electron chi connectivity index (χ3n) is 14.3. The Morgan fingerprint density at radius 3 is 2.29 bits per heavy atom. The molecule has 3 unspecified atom stereocenters. The Kier molecular flexibility index (Phi) is 13.9. The van der Waals surface area contributed by atoms with Gasteiger partial charge < -0.3 is 43.2 Å². The minimum absolute atomic E-state index is 0.00420. The highest BCUT2D eigenvalue weighted by atomic mass is 32.1. The zero-order valence-corrected chi connectivity index (χ0v) is 37.5. The maximum absolute atomic E-state index is 15.1. The number of ether oxygens (including phenoxy) is 8. The van der Waals surface area contributed by atoms with Crippen LogP contribution in [0.5, 0.6) is 0 Å². The second-order valence-electron chi connectivity index (χ2n) is 18.9. The molecule has 4 fully saturated rings. The van der Waals surface area contributed by atoms with Crippen molar-refractivity contribution in [3.8, 4) is 0 Å². The first-order valence-electron chi connectivity index (χ1n) is 22.0. The molecule has 7 rings (SSSR count). The van der Waals surface area contributed by atoms with E-state index in [1.165, 1.54) is 4.88 Å². The summed E-state index contributed by atoms with van der Waals surface area (Å²) in [5, 5.41) is 4.43. The van der Waals surface area contributed by atoms with Crippen molar-refractivity contribution in [3.63, 3.8) is 0 Å². The lowest BCUT2D eigenvalue weighted by Gasteiger charge is -2.44. The summed E-state index contributed by atoms with van der Waals surface area (Å²) in [5.74, 6) is -0.689. The van der Waals surface area contributed by atoms with Gasteiger partial charge in [0.25, 0.3) is 0 Å². The molecular formula is C45H70N2O10S. The molecule has 326 valence electrons. The van der Waals surface area contributed by atoms with Crippen molar-refractivity contribution in [2.24, 2.45) is 23.7 Å². The Balaban J connectivity index is 1.22. The maximum atomic E-state index is 15.1. The summed E-state index contributed by atoms with van der Waals surface area (Å²) in [5.41, 5.74) is 1.61. The van der Waals surface area contributed by atoms with Crippen LogP contribution < -0.4 is 5.32 Å². The number of nitrogens with one attached hydrogen (secondary N) is 1. The fourth-order valence-corrected chi connectivity index (χ4v) is 12.5. The molecule has 0 aromatic carbocycles. The Morgan fingerprint density at radius 2 is 1.64 bits per heavy atom. The molecule has 1 saturated carbocycles. The molecule has 13 heteroatoms. The molecule has 12 nitrogen and oxygen atoms in total. The van der Waals surface area contributed by atoms with Crippen LogP contribution in [0.15, 0.2) is 11.6 Å². The molecule has 3 aliphatic carbocycles. The molecule has 0 bridgehead atoms. The van der Waals surface area contributed by atoms with Crippen molar-refractivity contribution in [3.05, 3.63) is 27.2 Å². The van der Waals surface area contributed by atoms with E-state index >= 15 is 4.79 Å². The number of allylic oxidation sites excluding steroid dienone is 2. The van der Waals surface area contributed by atoms with Crippen LogP contribution in [-0.4, -0.2) is 113 Å². The number of hydrogen-bond acceptors (Lipinski definition) is 13. The van der Waals surface area contributed by atoms with Crippen molar-refractivity contribution >= 4 is 23.1 Å². The van der Waals surface area contributed by atoms with Gasteiger partial charge in [-0.05, 0) is 89.7 Å². The predicted molar refractivity (Wildman–Crippen MR) is 220 cm³/mol. The zero-order valence-electron chi connectivity index (χ0n) is 36.7. The average Bonchev–Trinajstić information content (AvgIpc) is 3.91. The number of ketones is 1. The van der Waals surface area contributed by atoms with Gasteiger partial charge in [0, 0.05) is 61.3 Å². The topological polar surface area (TPSA) is 133 Å². The van der Waals surface area contributed by atoms with Crippen LogP contribution in [0.1, 0.15) is 134 Å². The monoisotopic (exact) mass is 830 g/mol.